The summed E-state index contributed by atoms with van der Waals surface area (Å²) in [6.45, 7) is 0. The fourth-order valence-electron chi connectivity index (χ4n) is 2.89. The van der Waals surface area contributed by atoms with Crippen molar-refractivity contribution in [3.05, 3.63) is 93.9 Å². The summed E-state index contributed by atoms with van der Waals surface area (Å²) in [6.07, 6.45) is 1.60. The van der Waals surface area contributed by atoms with Crippen molar-refractivity contribution < 1.29 is 4.79 Å². The molecule has 0 radical (unpaired) electrons. The third kappa shape index (κ3) is 5.64. The molecule has 9 heteroatoms. The summed E-state index contributed by atoms with van der Waals surface area (Å²) >= 11 is 10.7. The van der Waals surface area contributed by atoms with Gasteiger partial charge in [-0.05, 0) is 54.1 Å². The van der Waals surface area contributed by atoms with Gasteiger partial charge in [-0.15, -0.1) is 10.2 Å². The molecule has 0 bridgehead atoms. The molecule has 4 aromatic rings. The molecule has 32 heavy (non-hydrogen) atoms. The average Bonchev–Trinajstić information content (AvgIpc) is 3.23. The first-order valence-electron chi connectivity index (χ1n) is 9.57. The van der Waals surface area contributed by atoms with Crippen LogP contribution in [0.3, 0.4) is 0 Å². The molecule has 4 rings (SSSR count). The van der Waals surface area contributed by atoms with Crippen molar-refractivity contribution in [3.8, 4) is 17.1 Å². The molecule has 1 N–H and O–H groups in total. The lowest BCUT2D eigenvalue weighted by Gasteiger charge is -2.10. The maximum atomic E-state index is 12.3. The lowest BCUT2D eigenvalue weighted by atomic mass is 10.2. The molecule has 1 amide bonds. The quantitative estimate of drug-likeness (QED) is 0.193. The van der Waals surface area contributed by atoms with E-state index >= 15 is 0 Å². The molecule has 0 aliphatic carbocycles. The number of hydrazone groups is 1. The van der Waals surface area contributed by atoms with Gasteiger partial charge in [0.2, 0.25) is 0 Å². The van der Waals surface area contributed by atoms with Gasteiger partial charge in [0.1, 0.15) is 0 Å². The third-order valence-electron chi connectivity index (χ3n) is 4.33. The van der Waals surface area contributed by atoms with Gasteiger partial charge in [-0.3, -0.25) is 9.36 Å². The molecule has 0 saturated heterocycles. The SMILES string of the molecule is O=C(CSc1nnc(-c2ccc(Cl)cc2)n1-c1ccccc1)N/N=C\c1cccc(Br)c1. The Balaban J connectivity index is 1.49. The summed E-state index contributed by atoms with van der Waals surface area (Å²) < 4.78 is 2.87. The van der Waals surface area contributed by atoms with Crippen LogP contribution in [-0.4, -0.2) is 32.6 Å². The van der Waals surface area contributed by atoms with Crippen LogP contribution in [0, 0.1) is 0 Å². The molecule has 3 aromatic carbocycles. The number of halogens is 2. The molecule has 0 unspecified atom stereocenters. The number of aromatic nitrogens is 3. The number of carbonyl (C=O) groups excluding carboxylic acids is 1. The van der Waals surface area contributed by atoms with E-state index in [2.05, 4.69) is 36.7 Å². The van der Waals surface area contributed by atoms with Gasteiger partial charge in [-0.1, -0.05) is 69.6 Å². The van der Waals surface area contributed by atoms with E-state index in [9.17, 15) is 4.79 Å². The minimum Gasteiger partial charge on any atom is -0.272 e. The minimum atomic E-state index is -0.239. The fraction of sp³-hybridized carbons (Fsp3) is 0.0435. The Bertz CT molecular complexity index is 1240. The summed E-state index contributed by atoms with van der Waals surface area (Å²) in [4.78, 5) is 12.3. The standard InChI is InChI=1S/C23H17BrClN5OS/c24-18-6-4-5-16(13-18)14-26-27-21(31)15-32-23-29-28-22(17-9-11-19(25)12-10-17)30(23)20-7-2-1-3-8-20/h1-14H,15H2,(H,27,31)/b26-14-. The third-order valence-corrected chi connectivity index (χ3v) is 6.01. The fourth-order valence-corrected chi connectivity index (χ4v) is 4.17. The summed E-state index contributed by atoms with van der Waals surface area (Å²) in [5, 5.41) is 14.0. The van der Waals surface area contributed by atoms with Crippen molar-refractivity contribution in [1.29, 1.82) is 0 Å². The van der Waals surface area contributed by atoms with Crippen LogP contribution in [0.2, 0.25) is 5.02 Å². The first-order chi connectivity index (χ1) is 15.6. The zero-order valence-electron chi connectivity index (χ0n) is 16.7. The number of hydrogen-bond acceptors (Lipinski definition) is 5. The highest BCUT2D eigenvalue weighted by Gasteiger charge is 2.17. The number of hydrogen-bond donors (Lipinski definition) is 1. The van der Waals surface area contributed by atoms with Crippen molar-refractivity contribution in [2.45, 2.75) is 5.16 Å². The normalized spacial score (nSPS) is 11.1. The molecule has 0 atom stereocenters. The Morgan fingerprint density at radius 1 is 1.06 bits per heavy atom. The molecule has 0 fully saturated rings. The van der Waals surface area contributed by atoms with E-state index in [0.29, 0.717) is 16.0 Å². The topological polar surface area (TPSA) is 72.2 Å². The van der Waals surface area contributed by atoms with Crippen LogP contribution in [0.4, 0.5) is 0 Å². The number of nitrogens with one attached hydrogen (secondary N) is 1. The van der Waals surface area contributed by atoms with E-state index in [1.165, 1.54) is 11.8 Å². The lowest BCUT2D eigenvalue weighted by molar-refractivity contribution is -0.118. The van der Waals surface area contributed by atoms with Crippen LogP contribution in [0.5, 0.6) is 0 Å². The highest BCUT2D eigenvalue weighted by Crippen LogP contribution is 2.28. The van der Waals surface area contributed by atoms with Crippen molar-refractivity contribution in [2.75, 3.05) is 5.75 Å². The zero-order chi connectivity index (χ0) is 22.3. The van der Waals surface area contributed by atoms with Gasteiger partial charge >= 0.3 is 0 Å². The number of rotatable bonds is 7. The maximum absolute atomic E-state index is 12.3. The van der Waals surface area contributed by atoms with Gasteiger partial charge in [0.05, 0.1) is 12.0 Å². The van der Waals surface area contributed by atoms with Gasteiger partial charge < -0.3 is 0 Å². The molecule has 0 saturated carbocycles. The molecular weight excluding hydrogens is 510 g/mol. The van der Waals surface area contributed by atoms with Gasteiger partial charge in [0.25, 0.3) is 5.91 Å². The number of thioether (sulfide) groups is 1. The highest BCUT2D eigenvalue weighted by molar-refractivity contribution is 9.10. The predicted octanol–water partition coefficient (Wildman–Crippen LogP) is 5.59. The van der Waals surface area contributed by atoms with Crippen LogP contribution >= 0.6 is 39.3 Å². The second-order valence-electron chi connectivity index (χ2n) is 6.62. The van der Waals surface area contributed by atoms with Crippen molar-refractivity contribution >= 4 is 51.4 Å². The van der Waals surface area contributed by atoms with Crippen LogP contribution in [0.15, 0.2) is 93.6 Å². The first-order valence-corrected chi connectivity index (χ1v) is 11.7. The smallest absolute Gasteiger partial charge is 0.250 e. The van der Waals surface area contributed by atoms with E-state index in [0.717, 1.165) is 21.3 Å². The van der Waals surface area contributed by atoms with Gasteiger partial charge in [0.15, 0.2) is 11.0 Å². The Hall–Kier alpha value is -2.94. The zero-order valence-corrected chi connectivity index (χ0v) is 19.8. The summed E-state index contributed by atoms with van der Waals surface area (Å²) in [6, 6.07) is 24.8. The molecule has 160 valence electrons. The Morgan fingerprint density at radius 2 is 1.84 bits per heavy atom. The van der Waals surface area contributed by atoms with Crippen molar-refractivity contribution in [2.24, 2.45) is 5.10 Å². The molecule has 1 heterocycles. The monoisotopic (exact) mass is 525 g/mol. The lowest BCUT2D eigenvalue weighted by Crippen LogP contribution is -2.20. The number of amides is 1. The van der Waals surface area contributed by atoms with Crippen molar-refractivity contribution in [1.82, 2.24) is 20.2 Å². The number of para-hydroxylation sites is 1. The largest absolute Gasteiger partial charge is 0.272 e. The molecule has 0 aliphatic heterocycles. The average molecular weight is 527 g/mol. The highest BCUT2D eigenvalue weighted by atomic mass is 79.9. The Labute approximate surface area is 202 Å². The van der Waals surface area contributed by atoms with Crippen LogP contribution < -0.4 is 5.43 Å². The van der Waals surface area contributed by atoms with E-state index in [1.54, 1.807) is 6.21 Å². The van der Waals surface area contributed by atoms with E-state index in [-0.39, 0.29) is 11.7 Å². The summed E-state index contributed by atoms with van der Waals surface area (Å²) in [5.74, 6) is 0.571. The van der Waals surface area contributed by atoms with E-state index < -0.39 is 0 Å². The molecule has 1 aromatic heterocycles. The van der Waals surface area contributed by atoms with E-state index in [1.807, 2.05) is 83.4 Å². The summed E-state index contributed by atoms with van der Waals surface area (Å²) in [5.41, 5.74) is 5.20. The Morgan fingerprint density at radius 3 is 2.59 bits per heavy atom. The maximum Gasteiger partial charge on any atom is 0.250 e. The predicted molar refractivity (Wildman–Crippen MR) is 132 cm³/mol. The van der Waals surface area contributed by atoms with Crippen LogP contribution in [0.25, 0.3) is 17.1 Å². The first kappa shape index (κ1) is 22.3. The Kier molecular flexibility index (Phi) is 7.36. The van der Waals surface area contributed by atoms with Crippen LogP contribution in [-0.2, 0) is 4.79 Å². The molecule has 0 spiro atoms. The minimum absolute atomic E-state index is 0.140. The molecule has 0 aliphatic rings. The van der Waals surface area contributed by atoms with Gasteiger partial charge in [-0.25, -0.2) is 5.43 Å². The van der Waals surface area contributed by atoms with E-state index in [4.69, 9.17) is 11.6 Å². The van der Waals surface area contributed by atoms with Crippen molar-refractivity contribution in [3.63, 3.8) is 0 Å². The molecule has 6 nitrogen and oxygen atoms in total. The number of nitrogens with zero attached hydrogens (tertiary/aromatic N) is 4. The van der Waals surface area contributed by atoms with Crippen LogP contribution in [0.1, 0.15) is 5.56 Å². The molecular formula is C23H17BrClN5OS. The number of benzene rings is 3. The second kappa shape index (κ2) is 10.6. The summed E-state index contributed by atoms with van der Waals surface area (Å²) in [7, 11) is 0. The van der Waals surface area contributed by atoms with Gasteiger partial charge in [-0.2, -0.15) is 5.10 Å². The second-order valence-corrected chi connectivity index (χ2v) is 8.92. The number of carbonyl (C=O) groups is 1. The van der Waals surface area contributed by atoms with Gasteiger partial charge in [0, 0.05) is 20.7 Å².